The van der Waals surface area contributed by atoms with Gasteiger partial charge in [-0.05, 0) is 26.0 Å². The predicted molar refractivity (Wildman–Crippen MR) is 109 cm³/mol. The van der Waals surface area contributed by atoms with Crippen LogP contribution in [0.4, 0.5) is 0 Å². The standard InChI is InChI=1S/C19H22N2O4S2/c1-13(2)21-18(23)16(27-19(21)26)11-14-5-3-4-6-15(14)25-12-17(22)20-7-9-24-10-8-20/h3-6,11,13H,7-10,12H2,1-2H3/b16-11-. The van der Waals surface area contributed by atoms with Gasteiger partial charge < -0.3 is 14.4 Å². The summed E-state index contributed by atoms with van der Waals surface area (Å²) < 4.78 is 11.6. The highest BCUT2D eigenvalue weighted by atomic mass is 32.2. The molecule has 0 aromatic heterocycles. The lowest BCUT2D eigenvalue weighted by molar-refractivity contribution is -0.137. The number of carbonyl (C=O) groups is 2. The van der Waals surface area contributed by atoms with Gasteiger partial charge in [-0.25, -0.2) is 0 Å². The van der Waals surface area contributed by atoms with Gasteiger partial charge in [0.15, 0.2) is 6.61 Å². The molecule has 144 valence electrons. The number of morpholine rings is 1. The van der Waals surface area contributed by atoms with Gasteiger partial charge in [-0.15, -0.1) is 0 Å². The van der Waals surface area contributed by atoms with Crippen molar-refractivity contribution >= 4 is 46.2 Å². The Kier molecular flexibility index (Phi) is 6.51. The highest BCUT2D eigenvalue weighted by Crippen LogP contribution is 2.35. The molecule has 2 aliphatic heterocycles. The molecular formula is C19H22N2O4S2. The summed E-state index contributed by atoms with van der Waals surface area (Å²) in [6.07, 6.45) is 1.77. The molecule has 0 bridgehead atoms. The van der Waals surface area contributed by atoms with Gasteiger partial charge in [0.1, 0.15) is 10.1 Å². The van der Waals surface area contributed by atoms with E-state index >= 15 is 0 Å². The van der Waals surface area contributed by atoms with Crippen LogP contribution in [0.15, 0.2) is 29.2 Å². The molecule has 0 spiro atoms. The van der Waals surface area contributed by atoms with E-state index in [1.807, 2.05) is 32.0 Å². The molecule has 0 N–H and O–H groups in total. The molecule has 8 heteroatoms. The molecule has 0 saturated carbocycles. The number of nitrogens with zero attached hydrogens (tertiary/aromatic N) is 2. The SMILES string of the molecule is CC(C)N1C(=O)/C(=C/c2ccccc2OCC(=O)N2CCOCC2)SC1=S. The van der Waals surface area contributed by atoms with Crippen LogP contribution >= 0.6 is 24.0 Å². The minimum atomic E-state index is -0.0980. The number of thioether (sulfide) groups is 1. The molecule has 2 amide bonds. The topological polar surface area (TPSA) is 59.1 Å². The van der Waals surface area contributed by atoms with Gasteiger partial charge in [0, 0.05) is 24.7 Å². The Morgan fingerprint density at radius 3 is 2.70 bits per heavy atom. The minimum Gasteiger partial charge on any atom is -0.483 e. The summed E-state index contributed by atoms with van der Waals surface area (Å²) in [7, 11) is 0. The molecule has 2 fully saturated rings. The van der Waals surface area contributed by atoms with E-state index in [1.54, 1.807) is 21.9 Å². The lowest BCUT2D eigenvalue weighted by atomic mass is 10.2. The monoisotopic (exact) mass is 406 g/mol. The van der Waals surface area contributed by atoms with Crippen molar-refractivity contribution in [3.8, 4) is 5.75 Å². The number of carbonyl (C=O) groups excluding carboxylic acids is 2. The molecule has 0 atom stereocenters. The van der Waals surface area contributed by atoms with E-state index in [0.29, 0.717) is 41.3 Å². The summed E-state index contributed by atoms with van der Waals surface area (Å²) in [5, 5.41) is 0. The van der Waals surface area contributed by atoms with Gasteiger partial charge in [-0.2, -0.15) is 0 Å². The molecule has 0 aliphatic carbocycles. The number of rotatable bonds is 5. The van der Waals surface area contributed by atoms with Crippen molar-refractivity contribution < 1.29 is 19.1 Å². The van der Waals surface area contributed by atoms with Crippen molar-refractivity contribution in [1.29, 1.82) is 0 Å². The van der Waals surface area contributed by atoms with Gasteiger partial charge in [0.25, 0.3) is 11.8 Å². The van der Waals surface area contributed by atoms with Crippen LogP contribution < -0.4 is 4.74 Å². The van der Waals surface area contributed by atoms with Crippen molar-refractivity contribution in [1.82, 2.24) is 9.80 Å². The second kappa shape index (κ2) is 8.86. The summed E-state index contributed by atoms with van der Waals surface area (Å²) >= 11 is 6.60. The molecule has 2 aliphatic rings. The third-order valence-corrected chi connectivity index (χ3v) is 5.59. The molecular weight excluding hydrogens is 384 g/mol. The number of thiocarbonyl (C=S) groups is 1. The quantitative estimate of drug-likeness (QED) is 0.553. The van der Waals surface area contributed by atoms with Crippen LogP contribution in [0.3, 0.4) is 0 Å². The minimum absolute atomic E-state index is 0.0148. The van der Waals surface area contributed by atoms with Crippen LogP contribution in [-0.4, -0.2) is 64.9 Å². The number of ether oxygens (including phenoxy) is 2. The van der Waals surface area contributed by atoms with Crippen LogP contribution in [0, 0.1) is 0 Å². The van der Waals surface area contributed by atoms with Crippen molar-refractivity contribution in [2.45, 2.75) is 19.9 Å². The average Bonchev–Trinajstić information content (AvgIpc) is 2.94. The summed E-state index contributed by atoms with van der Waals surface area (Å²) in [6.45, 7) is 6.10. The number of benzene rings is 1. The maximum absolute atomic E-state index is 12.6. The van der Waals surface area contributed by atoms with E-state index < -0.39 is 0 Å². The Bertz CT molecular complexity index is 773. The number of hydrogen-bond acceptors (Lipinski definition) is 6. The second-order valence-corrected chi connectivity index (χ2v) is 8.14. The average molecular weight is 407 g/mol. The zero-order valence-electron chi connectivity index (χ0n) is 15.3. The largest absolute Gasteiger partial charge is 0.483 e. The lowest BCUT2D eigenvalue weighted by Gasteiger charge is -2.26. The van der Waals surface area contributed by atoms with Gasteiger partial charge in [0.05, 0.1) is 18.1 Å². The van der Waals surface area contributed by atoms with Crippen LogP contribution in [0.1, 0.15) is 19.4 Å². The third kappa shape index (κ3) is 4.69. The van der Waals surface area contributed by atoms with E-state index in [-0.39, 0.29) is 24.5 Å². The molecule has 2 heterocycles. The molecule has 0 radical (unpaired) electrons. The zero-order chi connectivity index (χ0) is 19.4. The Morgan fingerprint density at radius 1 is 1.33 bits per heavy atom. The van der Waals surface area contributed by atoms with Gasteiger partial charge in [0.2, 0.25) is 0 Å². The van der Waals surface area contributed by atoms with E-state index in [1.165, 1.54) is 11.8 Å². The summed E-state index contributed by atoms with van der Waals surface area (Å²) in [6, 6.07) is 7.37. The van der Waals surface area contributed by atoms with Gasteiger partial charge >= 0.3 is 0 Å². The normalized spacial score (nSPS) is 19.3. The van der Waals surface area contributed by atoms with Crippen molar-refractivity contribution in [2.24, 2.45) is 0 Å². The molecule has 27 heavy (non-hydrogen) atoms. The maximum atomic E-state index is 12.6. The summed E-state index contributed by atoms with van der Waals surface area (Å²) in [4.78, 5) is 28.8. The molecule has 6 nitrogen and oxygen atoms in total. The van der Waals surface area contributed by atoms with Crippen LogP contribution in [0.25, 0.3) is 6.08 Å². The fourth-order valence-electron chi connectivity index (χ4n) is 2.84. The first-order valence-corrected chi connectivity index (χ1v) is 10.0. The summed E-state index contributed by atoms with van der Waals surface area (Å²) in [5.74, 6) is 0.396. The zero-order valence-corrected chi connectivity index (χ0v) is 17.0. The third-order valence-electron chi connectivity index (χ3n) is 4.26. The fourth-order valence-corrected chi connectivity index (χ4v) is 4.36. The van der Waals surface area contributed by atoms with Gasteiger partial charge in [-0.3, -0.25) is 14.5 Å². The first-order chi connectivity index (χ1) is 13.0. The molecule has 1 aromatic carbocycles. The highest BCUT2D eigenvalue weighted by molar-refractivity contribution is 8.26. The van der Waals surface area contributed by atoms with E-state index in [2.05, 4.69) is 0 Å². The Balaban J connectivity index is 1.72. The first-order valence-electron chi connectivity index (χ1n) is 8.82. The van der Waals surface area contributed by atoms with Crippen molar-refractivity contribution in [2.75, 3.05) is 32.9 Å². The van der Waals surface area contributed by atoms with Crippen LogP contribution in [0.2, 0.25) is 0 Å². The van der Waals surface area contributed by atoms with E-state index in [9.17, 15) is 9.59 Å². The maximum Gasteiger partial charge on any atom is 0.266 e. The molecule has 0 unspecified atom stereocenters. The molecule has 3 rings (SSSR count). The van der Waals surface area contributed by atoms with E-state index in [4.69, 9.17) is 21.7 Å². The van der Waals surface area contributed by atoms with Gasteiger partial charge in [-0.1, -0.05) is 42.2 Å². The molecule has 2 saturated heterocycles. The lowest BCUT2D eigenvalue weighted by Crippen LogP contribution is -2.43. The number of hydrogen-bond donors (Lipinski definition) is 0. The highest BCUT2D eigenvalue weighted by Gasteiger charge is 2.33. The van der Waals surface area contributed by atoms with Crippen molar-refractivity contribution in [3.05, 3.63) is 34.7 Å². The Morgan fingerprint density at radius 2 is 2.04 bits per heavy atom. The van der Waals surface area contributed by atoms with Crippen LogP contribution in [0.5, 0.6) is 5.75 Å². The van der Waals surface area contributed by atoms with E-state index in [0.717, 1.165) is 5.56 Å². The number of para-hydroxylation sites is 1. The fraction of sp³-hybridized carbons (Fsp3) is 0.421. The first kappa shape index (κ1) is 19.9. The number of amides is 2. The second-order valence-electron chi connectivity index (χ2n) is 6.47. The molecule has 1 aromatic rings. The van der Waals surface area contributed by atoms with Crippen LogP contribution in [-0.2, 0) is 14.3 Å². The Hall–Kier alpha value is -1.90. The summed E-state index contributed by atoms with van der Waals surface area (Å²) in [5.41, 5.74) is 0.747. The smallest absolute Gasteiger partial charge is 0.266 e. The van der Waals surface area contributed by atoms with Crippen molar-refractivity contribution in [3.63, 3.8) is 0 Å². The Labute approximate surface area is 168 Å². The predicted octanol–water partition coefficient (Wildman–Crippen LogP) is 2.53.